The first-order valence-corrected chi connectivity index (χ1v) is 4.03. The fourth-order valence-corrected chi connectivity index (χ4v) is 1.10. The Bertz CT molecular complexity index is 293. The number of methoxy groups -OCH3 is 1. The van der Waals surface area contributed by atoms with Crippen molar-refractivity contribution < 1.29 is 9.13 Å². The number of nitrogens with two attached hydrogens (primary N) is 1. The van der Waals surface area contributed by atoms with Crippen LogP contribution in [0.5, 0.6) is 0 Å². The molecule has 0 saturated carbocycles. The lowest BCUT2D eigenvalue weighted by atomic mass is 10.3. The van der Waals surface area contributed by atoms with Gasteiger partial charge in [-0.15, -0.1) is 0 Å². The van der Waals surface area contributed by atoms with Crippen molar-refractivity contribution in [3.8, 4) is 0 Å². The Kier molecular flexibility index (Phi) is 2.99. The number of anilines is 1. The predicted octanol–water partition coefficient (Wildman–Crippen LogP) is 1.71. The summed E-state index contributed by atoms with van der Waals surface area (Å²) in [4.78, 5) is 3.85. The van der Waals surface area contributed by atoms with E-state index >= 15 is 0 Å². The molecular weight excluding hydrogens is 227 g/mol. The van der Waals surface area contributed by atoms with Crippen LogP contribution < -0.4 is 5.73 Å². The molecule has 0 aliphatic heterocycles. The summed E-state index contributed by atoms with van der Waals surface area (Å²) in [7, 11) is 1.53. The third-order valence-electron chi connectivity index (χ3n) is 1.33. The maximum absolute atomic E-state index is 12.8. The van der Waals surface area contributed by atoms with Crippen LogP contribution in [0.25, 0.3) is 0 Å². The van der Waals surface area contributed by atoms with Gasteiger partial charge in [-0.3, -0.25) is 0 Å². The fraction of sp³-hybridized carbons (Fsp3) is 0.286. The summed E-state index contributed by atoms with van der Waals surface area (Å²) < 4.78 is 17.7. The average Bonchev–Trinajstić information content (AvgIpc) is 2.01. The number of ether oxygens (including phenoxy) is 1. The average molecular weight is 235 g/mol. The molecule has 12 heavy (non-hydrogen) atoms. The molecule has 5 heteroatoms. The topological polar surface area (TPSA) is 48.1 Å². The van der Waals surface area contributed by atoms with E-state index in [2.05, 4.69) is 20.9 Å². The van der Waals surface area contributed by atoms with Gasteiger partial charge in [0.15, 0.2) is 5.82 Å². The molecule has 66 valence electrons. The van der Waals surface area contributed by atoms with Crippen molar-refractivity contribution in [3.05, 3.63) is 22.2 Å². The second kappa shape index (κ2) is 3.82. The van der Waals surface area contributed by atoms with Crippen molar-refractivity contribution >= 4 is 21.6 Å². The first-order chi connectivity index (χ1) is 5.65. The molecule has 0 fully saturated rings. The minimum atomic E-state index is -0.465. The van der Waals surface area contributed by atoms with E-state index in [0.29, 0.717) is 11.4 Å². The van der Waals surface area contributed by atoms with Gasteiger partial charge in [0.1, 0.15) is 4.60 Å². The van der Waals surface area contributed by atoms with E-state index in [0.717, 1.165) is 0 Å². The van der Waals surface area contributed by atoms with Crippen molar-refractivity contribution in [1.29, 1.82) is 0 Å². The smallest absolute Gasteiger partial charge is 0.158 e. The number of hydrogen-bond donors (Lipinski definition) is 1. The molecule has 1 aromatic rings. The Balaban J connectivity index is 3.05. The Hall–Kier alpha value is -0.680. The molecule has 0 aliphatic rings. The minimum absolute atomic E-state index is 0.156. The van der Waals surface area contributed by atoms with Crippen molar-refractivity contribution in [3.63, 3.8) is 0 Å². The number of nitrogens with zero attached hydrogens (tertiary/aromatic N) is 1. The third kappa shape index (κ3) is 1.92. The summed E-state index contributed by atoms with van der Waals surface area (Å²) in [5.41, 5.74) is 6.31. The van der Waals surface area contributed by atoms with E-state index in [1.165, 1.54) is 13.2 Å². The number of halogens is 2. The molecule has 1 heterocycles. The first-order valence-electron chi connectivity index (χ1n) is 3.24. The van der Waals surface area contributed by atoms with Crippen molar-refractivity contribution in [2.24, 2.45) is 0 Å². The van der Waals surface area contributed by atoms with Gasteiger partial charge < -0.3 is 10.5 Å². The molecule has 0 amide bonds. The summed E-state index contributed by atoms with van der Waals surface area (Å²) >= 11 is 2.95. The second-order valence-corrected chi connectivity index (χ2v) is 2.98. The molecule has 2 N–H and O–H groups in total. The molecule has 1 rings (SSSR count). The molecule has 3 nitrogen and oxygen atoms in total. The van der Waals surface area contributed by atoms with Gasteiger partial charge in [-0.05, 0) is 15.9 Å². The van der Waals surface area contributed by atoms with E-state index in [1.807, 2.05) is 0 Å². The quantitative estimate of drug-likeness (QED) is 0.793. The largest absolute Gasteiger partial charge is 0.397 e. The standard InChI is InChI=1S/C7H8BrFN2O/c1-12-3-6-5(10)2-4(9)7(8)11-6/h2H,3,10H2,1H3. The van der Waals surface area contributed by atoms with Gasteiger partial charge in [0.25, 0.3) is 0 Å². The van der Waals surface area contributed by atoms with E-state index < -0.39 is 5.82 Å². The van der Waals surface area contributed by atoms with Gasteiger partial charge in [0, 0.05) is 13.2 Å². The molecule has 0 unspecified atom stereocenters. The highest BCUT2D eigenvalue weighted by molar-refractivity contribution is 9.10. The Morgan fingerprint density at radius 2 is 2.42 bits per heavy atom. The van der Waals surface area contributed by atoms with Crippen LogP contribution in [-0.2, 0) is 11.3 Å². The Morgan fingerprint density at radius 1 is 1.75 bits per heavy atom. The van der Waals surface area contributed by atoms with Crippen molar-refractivity contribution in [2.45, 2.75) is 6.61 Å². The molecule has 0 saturated heterocycles. The third-order valence-corrected chi connectivity index (χ3v) is 1.88. The van der Waals surface area contributed by atoms with E-state index in [1.54, 1.807) is 0 Å². The lowest BCUT2D eigenvalue weighted by Gasteiger charge is -2.04. The Morgan fingerprint density at radius 3 is 3.00 bits per heavy atom. The number of hydrogen-bond acceptors (Lipinski definition) is 3. The summed E-state index contributed by atoms with van der Waals surface area (Å²) in [6, 6.07) is 1.21. The highest BCUT2D eigenvalue weighted by atomic mass is 79.9. The molecule has 1 aromatic heterocycles. The second-order valence-electron chi connectivity index (χ2n) is 2.23. The number of pyridine rings is 1. The highest BCUT2D eigenvalue weighted by Gasteiger charge is 2.06. The molecule has 0 atom stereocenters. The molecular formula is C7H8BrFN2O. The first kappa shape index (κ1) is 9.41. The van der Waals surface area contributed by atoms with Gasteiger partial charge in [-0.2, -0.15) is 0 Å². The van der Waals surface area contributed by atoms with E-state index in [-0.39, 0.29) is 11.2 Å². The minimum Gasteiger partial charge on any atom is -0.397 e. The monoisotopic (exact) mass is 234 g/mol. The predicted molar refractivity (Wildman–Crippen MR) is 47.0 cm³/mol. The molecule has 0 bridgehead atoms. The van der Waals surface area contributed by atoms with E-state index in [9.17, 15) is 4.39 Å². The van der Waals surface area contributed by atoms with Crippen LogP contribution in [0.1, 0.15) is 5.69 Å². The maximum atomic E-state index is 12.8. The van der Waals surface area contributed by atoms with Crippen LogP contribution in [0.15, 0.2) is 10.7 Å². The van der Waals surface area contributed by atoms with Crippen LogP contribution in [0.3, 0.4) is 0 Å². The summed E-state index contributed by atoms with van der Waals surface area (Å²) in [5, 5.41) is 0. The fourth-order valence-electron chi connectivity index (χ4n) is 0.768. The lowest BCUT2D eigenvalue weighted by Crippen LogP contribution is -2.01. The Labute approximate surface area is 77.9 Å². The number of nitrogen functional groups attached to an aromatic ring is 1. The van der Waals surface area contributed by atoms with Gasteiger partial charge in [-0.1, -0.05) is 0 Å². The summed E-state index contributed by atoms with van der Waals surface area (Å²) in [5.74, 6) is -0.465. The van der Waals surface area contributed by atoms with Gasteiger partial charge >= 0.3 is 0 Å². The number of aromatic nitrogens is 1. The normalized spacial score (nSPS) is 10.2. The highest BCUT2D eigenvalue weighted by Crippen LogP contribution is 2.18. The van der Waals surface area contributed by atoms with Crippen molar-refractivity contribution in [1.82, 2.24) is 4.98 Å². The zero-order valence-electron chi connectivity index (χ0n) is 6.47. The summed E-state index contributed by atoms with van der Waals surface area (Å²) in [6.07, 6.45) is 0. The molecule has 0 radical (unpaired) electrons. The van der Waals surface area contributed by atoms with Crippen molar-refractivity contribution in [2.75, 3.05) is 12.8 Å². The van der Waals surface area contributed by atoms with Crippen LogP contribution >= 0.6 is 15.9 Å². The van der Waals surface area contributed by atoms with Crippen LogP contribution in [-0.4, -0.2) is 12.1 Å². The molecule has 0 aliphatic carbocycles. The van der Waals surface area contributed by atoms with Crippen LogP contribution in [0, 0.1) is 5.82 Å². The maximum Gasteiger partial charge on any atom is 0.158 e. The SMILES string of the molecule is COCc1nc(Br)c(F)cc1N. The van der Waals surface area contributed by atoms with Crippen LogP contribution in [0.4, 0.5) is 10.1 Å². The molecule has 0 aromatic carbocycles. The van der Waals surface area contributed by atoms with Gasteiger partial charge in [0.2, 0.25) is 0 Å². The molecule has 0 spiro atoms. The number of rotatable bonds is 2. The van der Waals surface area contributed by atoms with E-state index in [4.69, 9.17) is 10.5 Å². The summed E-state index contributed by atoms with van der Waals surface area (Å²) in [6.45, 7) is 0.282. The van der Waals surface area contributed by atoms with Gasteiger partial charge in [-0.25, -0.2) is 9.37 Å². The zero-order chi connectivity index (χ0) is 9.14. The zero-order valence-corrected chi connectivity index (χ0v) is 8.06. The van der Waals surface area contributed by atoms with Gasteiger partial charge in [0.05, 0.1) is 18.0 Å². The van der Waals surface area contributed by atoms with Crippen LogP contribution in [0.2, 0.25) is 0 Å². The lowest BCUT2D eigenvalue weighted by molar-refractivity contribution is 0.182.